The lowest BCUT2D eigenvalue weighted by molar-refractivity contribution is 0.262. The van der Waals surface area contributed by atoms with Crippen molar-refractivity contribution in [3.63, 3.8) is 0 Å². The summed E-state index contributed by atoms with van der Waals surface area (Å²) in [6.45, 7) is 5.75. The van der Waals surface area contributed by atoms with Crippen molar-refractivity contribution in [3.05, 3.63) is 52.4 Å². The maximum atomic E-state index is 12.6. The number of amides is 2. The molecule has 0 aliphatic carbocycles. The number of carbonyl (C=O) groups excluding carboxylic acids is 1. The molecule has 1 aliphatic heterocycles. The van der Waals surface area contributed by atoms with E-state index in [0.29, 0.717) is 10.8 Å². The fourth-order valence-corrected chi connectivity index (χ4v) is 4.42. The Morgan fingerprint density at radius 2 is 1.88 bits per heavy atom. The minimum Gasteiger partial charge on any atom is -0.495 e. The molecule has 1 fully saturated rings. The second-order valence-corrected chi connectivity index (χ2v) is 9.02. The van der Waals surface area contributed by atoms with E-state index in [1.165, 1.54) is 11.3 Å². The molecule has 1 aliphatic rings. The molecule has 3 aromatic rings. The number of urea groups is 1. The van der Waals surface area contributed by atoms with Gasteiger partial charge in [0.15, 0.2) is 5.13 Å². The predicted octanol–water partition coefficient (Wildman–Crippen LogP) is 5.60. The van der Waals surface area contributed by atoms with Gasteiger partial charge in [-0.1, -0.05) is 17.7 Å². The van der Waals surface area contributed by atoms with Crippen molar-refractivity contribution < 1.29 is 9.53 Å². The zero-order valence-corrected chi connectivity index (χ0v) is 21.1. The van der Waals surface area contributed by atoms with E-state index in [1.807, 2.05) is 48.7 Å². The number of hydrogen-bond donors (Lipinski definition) is 2. The van der Waals surface area contributed by atoms with E-state index in [4.69, 9.17) is 16.3 Å². The van der Waals surface area contributed by atoms with Crippen LogP contribution in [0.5, 0.6) is 5.75 Å². The summed E-state index contributed by atoms with van der Waals surface area (Å²) in [5.74, 6) is 0.795. The number of nitrogens with zero attached hydrogens (tertiary/aromatic N) is 3. The SMILES string of the molecule is COc1ccc(NC(=O)Nc2nc(-c3ccc(Cl)c(C)c3)cs2)cc1N1CCN(C)CC1.Cl. The number of benzene rings is 2. The van der Waals surface area contributed by atoms with Gasteiger partial charge in [-0.15, -0.1) is 23.7 Å². The van der Waals surface area contributed by atoms with Crippen molar-refractivity contribution in [3.8, 4) is 17.0 Å². The topological polar surface area (TPSA) is 69.7 Å². The third-order valence-electron chi connectivity index (χ3n) is 5.46. The highest BCUT2D eigenvalue weighted by Gasteiger charge is 2.18. The van der Waals surface area contributed by atoms with Crippen molar-refractivity contribution in [2.24, 2.45) is 0 Å². The zero-order chi connectivity index (χ0) is 22.7. The summed E-state index contributed by atoms with van der Waals surface area (Å²) >= 11 is 7.49. The Kier molecular flexibility index (Phi) is 8.42. The molecule has 0 saturated carbocycles. The predicted molar refractivity (Wildman–Crippen MR) is 140 cm³/mol. The molecule has 2 aromatic carbocycles. The first-order chi connectivity index (χ1) is 15.4. The number of hydrogen-bond acceptors (Lipinski definition) is 6. The van der Waals surface area contributed by atoms with E-state index in [9.17, 15) is 4.79 Å². The van der Waals surface area contributed by atoms with Crippen LogP contribution < -0.4 is 20.3 Å². The van der Waals surface area contributed by atoms with Crippen LogP contribution in [0, 0.1) is 6.92 Å². The fraction of sp³-hybridized carbons (Fsp3) is 0.304. The Bertz CT molecular complexity index is 1120. The molecule has 2 heterocycles. The average molecular weight is 508 g/mol. The van der Waals surface area contributed by atoms with Crippen LogP contribution in [0.15, 0.2) is 41.8 Å². The highest BCUT2D eigenvalue weighted by atomic mass is 35.5. The summed E-state index contributed by atoms with van der Waals surface area (Å²) in [6.07, 6.45) is 0. The lowest BCUT2D eigenvalue weighted by Crippen LogP contribution is -2.44. The summed E-state index contributed by atoms with van der Waals surface area (Å²) < 4.78 is 5.54. The number of halogens is 2. The number of thiazole rings is 1. The van der Waals surface area contributed by atoms with Crippen molar-refractivity contribution in [1.29, 1.82) is 0 Å². The van der Waals surface area contributed by atoms with Gasteiger partial charge in [-0.3, -0.25) is 5.32 Å². The van der Waals surface area contributed by atoms with Crippen LogP contribution in [0.25, 0.3) is 11.3 Å². The zero-order valence-electron chi connectivity index (χ0n) is 18.7. The molecule has 0 bridgehead atoms. The molecule has 0 spiro atoms. The number of aryl methyl sites for hydroxylation is 1. The smallest absolute Gasteiger partial charge is 0.325 e. The van der Waals surface area contributed by atoms with Gasteiger partial charge >= 0.3 is 6.03 Å². The van der Waals surface area contributed by atoms with E-state index in [0.717, 1.165) is 59.5 Å². The van der Waals surface area contributed by atoms with Crippen molar-refractivity contribution in [2.75, 3.05) is 55.9 Å². The number of nitrogens with one attached hydrogen (secondary N) is 2. The van der Waals surface area contributed by atoms with Crippen LogP contribution in [0.3, 0.4) is 0 Å². The molecule has 0 radical (unpaired) electrons. The minimum absolute atomic E-state index is 0. The van der Waals surface area contributed by atoms with Crippen LogP contribution in [-0.2, 0) is 0 Å². The maximum Gasteiger partial charge on any atom is 0.325 e. The lowest BCUT2D eigenvalue weighted by atomic mass is 10.1. The van der Waals surface area contributed by atoms with Crippen LogP contribution in [0.4, 0.5) is 21.3 Å². The minimum atomic E-state index is -0.340. The monoisotopic (exact) mass is 507 g/mol. The van der Waals surface area contributed by atoms with Gasteiger partial charge in [0.25, 0.3) is 0 Å². The molecule has 4 rings (SSSR count). The third-order valence-corrected chi connectivity index (χ3v) is 6.64. The molecule has 1 saturated heterocycles. The van der Waals surface area contributed by atoms with Crippen molar-refractivity contribution in [1.82, 2.24) is 9.88 Å². The third kappa shape index (κ3) is 6.09. The van der Waals surface area contributed by atoms with Crippen LogP contribution in [0.2, 0.25) is 5.02 Å². The molecule has 0 atom stereocenters. The Hall–Kier alpha value is -2.52. The van der Waals surface area contributed by atoms with Crippen molar-refractivity contribution >= 4 is 57.9 Å². The Morgan fingerprint density at radius 1 is 1.12 bits per heavy atom. The molecule has 0 unspecified atom stereocenters. The summed E-state index contributed by atoms with van der Waals surface area (Å²) in [6, 6.07) is 11.1. The first kappa shape index (κ1) is 25.1. The van der Waals surface area contributed by atoms with Crippen molar-refractivity contribution in [2.45, 2.75) is 6.92 Å². The average Bonchev–Trinajstić information content (AvgIpc) is 3.24. The molecule has 2 amide bonds. The fourth-order valence-electron chi connectivity index (χ4n) is 3.59. The van der Waals surface area contributed by atoms with Gasteiger partial charge in [0.05, 0.1) is 18.5 Å². The van der Waals surface area contributed by atoms with Gasteiger partial charge in [0.2, 0.25) is 0 Å². The standard InChI is InChI=1S/C23H26ClN5O2S.ClH/c1-15-12-16(4-6-18(15)24)19-14-32-23(26-19)27-22(30)25-17-5-7-21(31-3)20(13-17)29-10-8-28(2)9-11-29;/h4-7,12-14H,8-11H2,1-3H3,(H2,25,26,27,30);1H. The number of likely N-dealkylation sites (N-methyl/N-ethyl adjacent to an activating group) is 1. The van der Waals surface area contributed by atoms with Gasteiger partial charge in [0.1, 0.15) is 5.75 Å². The number of piperazine rings is 1. The molecule has 2 N–H and O–H groups in total. The van der Waals surface area contributed by atoms with E-state index < -0.39 is 0 Å². The Morgan fingerprint density at radius 3 is 2.58 bits per heavy atom. The molecular formula is C23H27Cl2N5O2S. The largest absolute Gasteiger partial charge is 0.495 e. The molecular weight excluding hydrogens is 481 g/mol. The highest BCUT2D eigenvalue weighted by molar-refractivity contribution is 7.14. The Balaban J connectivity index is 0.00000306. The normalized spacial score (nSPS) is 13.9. The van der Waals surface area contributed by atoms with E-state index in [2.05, 4.69) is 32.5 Å². The Labute approximate surface area is 209 Å². The molecule has 10 heteroatoms. The van der Waals surface area contributed by atoms with Crippen LogP contribution >= 0.6 is 35.3 Å². The number of rotatable bonds is 5. The number of methoxy groups -OCH3 is 1. The number of ether oxygens (including phenoxy) is 1. The molecule has 33 heavy (non-hydrogen) atoms. The van der Waals surface area contributed by atoms with Gasteiger partial charge in [0, 0.05) is 47.8 Å². The van der Waals surface area contributed by atoms with Gasteiger partial charge in [-0.2, -0.15) is 0 Å². The highest BCUT2D eigenvalue weighted by Crippen LogP contribution is 2.32. The molecule has 7 nitrogen and oxygen atoms in total. The first-order valence-electron chi connectivity index (χ1n) is 10.3. The maximum absolute atomic E-state index is 12.6. The summed E-state index contributed by atoms with van der Waals surface area (Å²) in [5.41, 5.74) is 4.42. The van der Waals surface area contributed by atoms with Gasteiger partial charge in [-0.05, 0) is 49.9 Å². The second-order valence-electron chi connectivity index (χ2n) is 7.76. The van der Waals surface area contributed by atoms with E-state index in [1.54, 1.807) is 7.11 Å². The second kappa shape index (κ2) is 11.1. The number of aromatic nitrogens is 1. The lowest BCUT2D eigenvalue weighted by Gasteiger charge is -2.34. The molecule has 1 aromatic heterocycles. The quantitative estimate of drug-likeness (QED) is 0.470. The first-order valence-corrected chi connectivity index (χ1v) is 11.6. The van der Waals surface area contributed by atoms with Crippen LogP contribution in [-0.4, -0.2) is 56.3 Å². The van der Waals surface area contributed by atoms with Crippen LogP contribution in [0.1, 0.15) is 5.56 Å². The van der Waals surface area contributed by atoms with E-state index >= 15 is 0 Å². The summed E-state index contributed by atoms with van der Waals surface area (Å²) in [4.78, 5) is 21.7. The number of carbonyl (C=O) groups is 1. The molecule has 176 valence electrons. The summed E-state index contributed by atoms with van der Waals surface area (Å²) in [7, 11) is 3.78. The van der Waals surface area contributed by atoms with Gasteiger partial charge < -0.3 is 19.9 Å². The van der Waals surface area contributed by atoms with Gasteiger partial charge in [-0.25, -0.2) is 9.78 Å². The van der Waals surface area contributed by atoms with E-state index in [-0.39, 0.29) is 18.4 Å². The summed E-state index contributed by atoms with van der Waals surface area (Å²) in [5, 5.41) is 8.88. The number of anilines is 3.